The lowest BCUT2D eigenvalue weighted by Crippen LogP contribution is -2.39. The molecule has 0 aliphatic carbocycles. The van der Waals surface area contributed by atoms with Gasteiger partial charge in [0.2, 0.25) is 0 Å². The van der Waals surface area contributed by atoms with Gasteiger partial charge in [0.15, 0.2) is 6.10 Å². The van der Waals surface area contributed by atoms with Crippen LogP contribution < -0.4 is 10.1 Å². The van der Waals surface area contributed by atoms with Crippen LogP contribution in [0.2, 0.25) is 5.02 Å². The number of ether oxygens (including phenoxy) is 1. The average Bonchev–Trinajstić information content (AvgIpc) is 2.63. The monoisotopic (exact) mass is 399 g/mol. The lowest BCUT2D eigenvalue weighted by Gasteiger charge is -2.17. The van der Waals surface area contributed by atoms with Crippen LogP contribution in [-0.2, 0) is 10.5 Å². The quantitative estimate of drug-likeness (QED) is 0.614. The molecule has 0 saturated heterocycles. The Hall–Kier alpha value is -1.79. The van der Waals surface area contributed by atoms with Crippen molar-refractivity contribution in [1.82, 2.24) is 5.32 Å². The summed E-state index contributed by atoms with van der Waals surface area (Å²) in [5.74, 6) is 0.571. The van der Waals surface area contributed by atoms with Gasteiger partial charge in [-0.25, -0.2) is 8.78 Å². The summed E-state index contributed by atoms with van der Waals surface area (Å²) in [5.41, 5.74) is 0.469. The van der Waals surface area contributed by atoms with Gasteiger partial charge in [-0.2, -0.15) is 11.8 Å². The summed E-state index contributed by atoms with van der Waals surface area (Å²) in [6.45, 7) is 2.27. The predicted octanol–water partition coefficient (Wildman–Crippen LogP) is 4.83. The molecule has 140 valence electrons. The van der Waals surface area contributed by atoms with Crippen molar-refractivity contribution in [2.24, 2.45) is 0 Å². The summed E-state index contributed by atoms with van der Waals surface area (Å²) in [6, 6.07) is 10.1. The van der Waals surface area contributed by atoms with Crippen molar-refractivity contribution >= 4 is 29.3 Å². The van der Waals surface area contributed by atoms with Gasteiger partial charge >= 0.3 is 0 Å². The minimum Gasteiger partial charge on any atom is -0.481 e. The maximum Gasteiger partial charge on any atom is 0.261 e. The highest BCUT2D eigenvalue weighted by atomic mass is 35.5. The molecule has 0 radical (unpaired) electrons. The van der Waals surface area contributed by atoms with Crippen LogP contribution in [0.3, 0.4) is 0 Å². The van der Waals surface area contributed by atoms with Crippen molar-refractivity contribution in [2.75, 3.05) is 12.3 Å². The Morgan fingerprint density at radius 3 is 2.62 bits per heavy atom. The number of hydrogen-bond donors (Lipinski definition) is 1. The Bertz CT molecular complexity index is 708. The van der Waals surface area contributed by atoms with Gasteiger partial charge in [0, 0.05) is 28.6 Å². The first-order valence-corrected chi connectivity index (χ1v) is 9.75. The first-order valence-electron chi connectivity index (χ1n) is 8.21. The molecule has 26 heavy (non-hydrogen) atoms. The number of nitrogens with one attached hydrogen (secondary N) is 1. The van der Waals surface area contributed by atoms with Gasteiger partial charge in [-0.05, 0) is 42.8 Å². The maximum absolute atomic E-state index is 13.7. The van der Waals surface area contributed by atoms with E-state index in [1.807, 2.05) is 6.92 Å². The molecule has 7 heteroatoms. The Balaban J connectivity index is 1.73. The molecule has 0 aromatic heterocycles. The van der Waals surface area contributed by atoms with Gasteiger partial charge in [0.05, 0.1) is 0 Å². The second kappa shape index (κ2) is 10.4. The minimum atomic E-state index is -0.647. The number of hydrogen-bond acceptors (Lipinski definition) is 3. The van der Waals surface area contributed by atoms with Gasteiger partial charge in [0.1, 0.15) is 17.4 Å². The molecular formula is C19H20ClF2NO2S. The second-order valence-electron chi connectivity index (χ2n) is 5.51. The van der Waals surface area contributed by atoms with Gasteiger partial charge in [-0.3, -0.25) is 4.79 Å². The first kappa shape index (κ1) is 20.5. The smallest absolute Gasteiger partial charge is 0.261 e. The zero-order chi connectivity index (χ0) is 18.9. The second-order valence-corrected chi connectivity index (χ2v) is 7.02. The molecule has 1 atom stereocenters. The number of amides is 1. The molecule has 3 nitrogen and oxygen atoms in total. The summed E-state index contributed by atoms with van der Waals surface area (Å²) in [6.07, 6.45) is -0.159. The highest BCUT2D eigenvalue weighted by Gasteiger charge is 2.17. The zero-order valence-corrected chi connectivity index (χ0v) is 15.9. The van der Waals surface area contributed by atoms with Gasteiger partial charge in [-0.15, -0.1) is 0 Å². The molecule has 2 aromatic carbocycles. The molecule has 0 spiro atoms. The normalized spacial score (nSPS) is 11.8. The molecule has 0 heterocycles. The van der Waals surface area contributed by atoms with E-state index in [-0.39, 0.29) is 17.5 Å². The summed E-state index contributed by atoms with van der Waals surface area (Å²) in [5, 5.41) is 3.20. The molecule has 0 unspecified atom stereocenters. The molecule has 2 aromatic rings. The van der Waals surface area contributed by atoms with Crippen LogP contribution >= 0.6 is 23.4 Å². The van der Waals surface area contributed by atoms with Gasteiger partial charge in [-0.1, -0.05) is 24.6 Å². The van der Waals surface area contributed by atoms with E-state index in [4.69, 9.17) is 16.3 Å². The van der Waals surface area contributed by atoms with E-state index in [0.717, 1.165) is 0 Å². The number of rotatable bonds is 9. The van der Waals surface area contributed by atoms with E-state index >= 15 is 0 Å². The van der Waals surface area contributed by atoms with E-state index in [2.05, 4.69) is 5.32 Å². The molecular weight excluding hydrogens is 380 g/mol. The fourth-order valence-corrected chi connectivity index (χ4v) is 3.40. The third-order valence-electron chi connectivity index (χ3n) is 3.61. The standard InChI is InChI=1S/C19H20ClF2NO2S/c1-2-18(25-14-8-6-13(21)7-9-14)19(24)23-10-11-26-12-15-16(20)4-3-5-17(15)22/h3-9,18H,2,10-12H2,1H3,(H,23,24)/t18-/m1/s1. The Kier molecular flexibility index (Phi) is 8.19. The molecule has 1 N–H and O–H groups in total. The molecule has 1 amide bonds. The van der Waals surface area contributed by atoms with Crippen molar-refractivity contribution in [1.29, 1.82) is 0 Å². The Morgan fingerprint density at radius 2 is 1.96 bits per heavy atom. The van der Waals surface area contributed by atoms with Crippen LogP contribution in [0.5, 0.6) is 5.75 Å². The Morgan fingerprint density at radius 1 is 1.23 bits per heavy atom. The number of halogens is 3. The van der Waals surface area contributed by atoms with Crippen LogP contribution in [0.1, 0.15) is 18.9 Å². The van der Waals surface area contributed by atoms with E-state index in [0.29, 0.717) is 40.8 Å². The SMILES string of the molecule is CC[C@@H](Oc1ccc(F)cc1)C(=O)NCCSCc1c(F)cccc1Cl. The highest BCUT2D eigenvalue weighted by molar-refractivity contribution is 7.98. The molecule has 0 aliphatic rings. The van der Waals surface area contributed by atoms with E-state index in [1.54, 1.807) is 12.1 Å². The van der Waals surface area contributed by atoms with Gasteiger partial charge in [0.25, 0.3) is 5.91 Å². The predicted molar refractivity (Wildman–Crippen MR) is 102 cm³/mol. The van der Waals surface area contributed by atoms with Crippen molar-refractivity contribution < 1.29 is 18.3 Å². The van der Waals surface area contributed by atoms with Crippen LogP contribution in [0.25, 0.3) is 0 Å². The fraction of sp³-hybridized carbons (Fsp3) is 0.316. The summed E-state index contributed by atoms with van der Waals surface area (Å²) >= 11 is 7.46. The Labute approximate surface area is 161 Å². The van der Waals surface area contributed by atoms with Gasteiger partial charge < -0.3 is 10.1 Å². The van der Waals surface area contributed by atoms with Crippen molar-refractivity contribution in [3.63, 3.8) is 0 Å². The van der Waals surface area contributed by atoms with E-state index < -0.39 is 6.10 Å². The molecule has 0 bridgehead atoms. The molecule has 0 saturated carbocycles. The number of benzene rings is 2. The minimum absolute atomic E-state index is 0.235. The summed E-state index contributed by atoms with van der Waals surface area (Å²) in [4.78, 5) is 12.2. The third kappa shape index (κ3) is 6.18. The average molecular weight is 400 g/mol. The van der Waals surface area contributed by atoms with Crippen LogP contribution in [0, 0.1) is 11.6 Å². The largest absolute Gasteiger partial charge is 0.481 e. The highest BCUT2D eigenvalue weighted by Crippen LogP contribution is 2.23. The van der Waals surface area contributed by atoms with Crippen molar-refractivity contribution in [3.05, 3.63) is 64.7 Å². The molecule has 0 fully saturated rings. The van der Waals surface area contributed by atoms with Crippen LogP contribution in [0.15, 0.2) is 42.5 Å². The maximum atomic E-state index is 13.7. The summed E-state index contributed by atoms with van der Waals surface area (Å²) in [7, 11) is 0. The number of thioether (sulfide) groups is 1. The number of carbonyl (C=O) groups is 1. The van der Waals surface area contributed by atoms with Crippen molar-refractivity contribution in [2.45, 2.75) is 25.2 Å². The first-order chi connectivity index (χ1) is 12.5. The lowest BCUT2D eigenvalue weighted by atomic mass is 10.2. The zero-order valence-electron chi connectivity index (χ0n) is 14.3. The lowest BCUT2D eigenvalue weighted by molar-refractivity contribution is -0.127. The molecule has 0 aliphatic heterocycles. The van der Waals surface area contributed by atoms with Crippen molar-refractivity contribution in [3.8, 4) is 5.75 Å². The number of carbonyl (C=O) groups excluding carboxylic acids is 1. The van der Waals surface area contributed by atoms with Crippen LogP contribution in [-0.4, -0.2) is 24.3 Å². The molecule has 2 rings (SSSR count). The van der Waals surface area contributed by atoms with E-state index in [9.17, 15) is 13.6 Å². The fourth-order valence-electron chi connectivity index (χ4n) is 2.20. The topological polar surface area (TPSA) is 38.3 Å². The van der Waals surface area contributed by atoms with E-state index in [1.165, 1.54) is 42.1 Å². The van der Waals surface area contributed by atoms with Crippen LogP contribution in [0.4, 0.5) is 8.78 Å². The third-order valence-corrected chi connectivity index (χ3v) is 4.95. The summed E-state index contributed by atoms with van der Waals surface area (Å²) < 4.78 is 32.2.